The molecule has 2 heterocycles. The topological polar surface area (TPSA) is 60.0 Å². The zero-order chi connectivity index (χ0) is 22.5. The molecule has 0 aliphatic carbocycles. The van der Waals surface area contributed by atoms with E-state index in [9.17, 15) is 0 Å². The van der Waals surface area contributed by atoms with Gasteiger partial charge in [-0.3, -0.25) is 4.90 Å². The van der Waals surface area contributed by atoms with Crippen molar-refractivity contribution in [3.8, 4) is 11.3 Å². The highest BCUT2D eigenvalue weighted by Crippen LogP contribution is 2.29. The van der Waals surface area contributed by atoms with Crippen molar-refractivity contribution in [2.75, 3.05) is 14.1 Å². The highest BCUT2D eigenvalue weighted by molar-refractivity contribution is 7.98. The van der Waals surface area contributed by atoms with Crippen molar-refractivity contribution in [3.05, 3.63) is 83.1 Å². The van der Waals surface area contributed by atoms with E-state index in [4.69, 9.17) is 16.0 Å². The molecule has 6 nitrogen and oxygen atoms in total. The third kappa shape index (κ3) is 5.23. The molecule has 8 heteroatoms. The lowest BCUT2D eigenvalue weighted by Gasteiger charge is -2.23. The largest absolute Gasteiger partial charge is 0.440 e. The molecule has 0 amide bonds. The van der Waals surface area contributed by atoms with Gasteiger partial charge < -0.3 is 8.98 Å². The third-order valence-electron chi connectivity index (χ3n) is 5.24. The van der Waals surface area contributed by atoms with Crippen molar-refractivity contribution < 1.29 is 4.42 Å². The minimum Gasteiger partial charge on any atom is -0.440 e. The number of thioether (sulfide) groups is 1. The van der Waals surface area contributed by atoms with Gasteiger partial charge in [0, 0.05) is 10.6 Å². The van der Waals surface area contributed by atoms with Crippen molar-refractivity contribution in [2.24, 2.45) is 0 Å². The Balaban J connectivity index is 1.55. The molecule has 0 aliphatic heterocycles. The van der Waals surface area contributed by atoms with Gasteiger partial charge in [0.15, 0.2) is 16.7 Å². The number of nitrogens with zero attached hydrogens (tertiary/aromatic N) is 5. The molecule has 166 valence electrons. The molecule has 0 radical (unpaired) electrons. The fourth-order valence-corrected chi connectivity index (χ4v) is 4.52. The van der Waals surface area contributed by atoms with E-state index in [1.54, 1.807) is 18.0 Å². The predicted molar refractivity (Wildman–Crippen MR) is 129 cm³/mol. The molecule has 0 spiro atoms. The van der Waals surface area contributed by atoms with E-state index in [1.165, 1.54) is 5.56 Å². The Morgan fingerprint density at radius 3 is 2.50 bits per heavy atom. The van der Waals surface area contributed by atoms with E-state index < -0.39 is 0 Å². The van der Waals surface area contributed by atoms with Gasteiger partial charge in [0.2, 0.25) is 5.89 Å². The van der Waals surface area contributed by atoms with Crippen molar-refractivity contribution in [1.82, 2.24) is 24.6 Å². The minimum atomic E-state index is 0.193. The van der Waals surface area contributed by atoms with E-state index in [-0.39, 0.29) is 6.04 Å². The molecule has 2 aromatic heterocycles. The zero-order valence-electron chi connectivity index (χ0n) is 18.4. The van der Waals surface area contributed by atoms with Crippen molar-refractivity contribution in [3.63, 3.8) is 0 Å². The summed E-state index contributed by atoms with van der Waals surface area (Å²) < 4.78 is 8.17. The average molecular weight is 468 g/mol. The van der Waals surface area contributed by atoms with Gasteiger partial charge in [-0.25, -0.2) is 4.98 Å². The highest BCUT2D eigenvalue weighted by Gasteiger charge is 2.22. The van der Waals surface area contributed by atoms with Crippen LogP contribution in [0.25, 0.3) is 11.3 Å². The quantitative estimate of drug-likeness (QED) is 0.284. The maximum absolute atomic E-state index is 5.98. The molecular weight excluding hydrogens is 442 g/mol. The van der Waals surface area contributed by atoms with E-state index in [1.807, 2.05) is 30.3 Å². The lowest BCUT2D eigenvalue weighted by Crippen LogP contribution is -2.23. The highest BCUT2D eigenvalue weighted by atomic mass is 35.5. The van der Waals surface area contributed by atoms with Gasteiger partial charge in [-0.15, -0.1) is 10.2 Å². The summed E-state index contributed by atoms with van der Waals surface area (Å²) in [6, 6.07) is 18.1. The van der Waals surface area contributed by atoms with Gasteiger partial charge in [0.1, 0.15) is 0 Å². The third-order valence-corrected chi connectivity index (χ3v) is 6.45. The monoisotopic (exact) mass is 467 g/mol. The Bertz CT molecular complexity index is 1140. The van der Waals surface area contributed by atoms with Crippen LogP contribution >= 0.6 is 23.4 Å². The van der Waals surface area contributed by atoms with E-state index >= 15 is 0 Å². The first-order valence-electron chi connectivity index (χ1n) is 10.5. The Morgan fingerprint density at radius 1 is 1.06 bits per heavy atom. The first-order valence-corrected chi connectivity index (χ1v) is 11.9. The van der Waals surface area contributed by atoms with Gasteiger partial charge in [-0.2, -0.15) is 0 Å². The summed E-state index contributed by atoms with van der Waals surface area (Å²) in [5, 5.41) is 10.6. The molecule has 4 aromatic rings. The Hall–Kier alpha value is -2.61. The van der Waals surface area contributed by atoms with Crippen molar-refractivity contribution >= 4 is 23.4 Å². The normalized spacial score (nSPS) is 12.4. The number of rotatable bonds is 9. The van der Waals surface area contributed by atoms with Crippen LogP contribution in [0.5, 0.6) is 0 Å². The standard InChI is InChI=1S/C24H26ClN5OS/c1-4-20(29(2)3)23-27-28-24(30(23)15-17-8-6-5-7-9-17)32-16-22-26-14-21(31-22)18-10-12-19(25)13-11-18/h5-14,20H,4,15-16H2,1-3H3/t20-/m0/s1. The molecule has 0 unspecified atom stereocenters. The van der Waals surface area contributed by atoms with E-state index in [0.717, 1.165) is 35.3 Å². The molecule has 0 saturated heterocycles. The molecule has 0 saturated carbocycles. The Labute approximate surface area is 197 Å². The smallest absolute Gasteiger partial charge is 0.205 e. The van der Waals surface area contributed by atoms with Crippen LogP contribution in [0.15, 0.2) is 70.4 Å². The lowest BCUT2D eigenvalue weighted by molar-refractivity contribution is 0.272. The maximum atomic E-state index is 5.98. The summed E-state index contributed by atoms with van der Waals surface area (Å²) in [5.41, 5.74) is 2.16. The lowest BCUT2D eigenvalue weighted by atomic mass is 10.2. The second kappa shape index (κ2) is 10.3. The summed E-state index contributed by atoms with van der Waals surface area (Å²) in [7, 11) is 4.15. The van der Waals surface area contributed by atoms with E-state index in [2.05, 4.69) is 69.9 Å². The van der Waals surface area contributed by atoms with Crippen molar-refractivity contribution in [2.45, 2.75) is 36.8 Å². The molecule has 0 N–H and O–H groups in total. The summed E-state index contributed by atoms with van der Waals surface area (Å²) in [5.74, 6) is 2.91. The number of halogens is 1. The second-order valence-electron chi connectivity index (χ2n) is 7.71. The van der Waals surface area contributed by atoms with Gasteiger partial charge in [-0.05, 0) is 50.3 Å². The van der Waals surface area contributed by atoms with Crippen LogP contribution < -0.4 is 0 Å². The minimum absolute atomic E-state index is 0.193. The molecule has 0 fully saturated rings. The molecule has 4 rings (SSSR count). The zero-order valence-corrected chi connectivity index (χ0v) is 20.0. The summed E-state index contributed by atoms with van der Waals surface area (Å²) in [4.78, 5) is 6.63. The molecular formula is C24H26ClN5OS. The molecule has 32 heavy (non-hydrogen) atoms. The summed E-state index contributed by atoms with van der Waals surface area (Å²) in [6.45, 7) is 2.89. The van der Waals surface area contributed by atoms with Crippen LogP contribution in [0.1, 0.15) is 36.7 Å². The van der Waals surface area contributed by atoms with Crippen LogP contribution in [0.2, 0.25) is 5.02 Å². The summed E-state index contributed by atoms with van der Waals surface area (Å²) >= 11 is 7.57. The molecule has 1 atom stereocenters. The van der Waals surface area contributed by atoms with E-state index in [0.29, 0.717) is 16.7 Å². The molecule has 0 aliphatic rings. The van der Waals surface area contributed by atoms with Crippen LogP contribution in [0, 0.1) is 0 Å². The molecule has 0 bridgehead atoms. The van der Waals surface area contributed by atoms with Gasteiger partial charge in [-0.1, -0.05) is 60.6 Å². The maximum Gasteiger partial charge on any atom is 0.205 e. The first kappa shape index (κ1) is 22.6. The number of hydrogen-bond acceptors (Lipinski definition) is 6. The van der Waals surface area contributed by atoms with Gasteiger partial charge in [0.05, 0.1) is 24.5 Å². The van der Waals surface area contributed by atoms with Crippen molar-refractivity contribution in [1.29, 1.82) is 0 Å². The fraction of sp³-hybridized carbons (Fsp3) is 0.292. The number of oxazole rings is 1. The number of aromatic nitrogens is 4. The van der Waals surface area contributed by atoms with Crippen LogP contribution in [-0.2, 0) is 12.3 Å². The summed E-state index contributed by atoms with van der Waals surface area (Å²) in [6.07, 6.45) is 2.70. The average Bonchev–Trinajstić information content (AvgIpc) is 3.42. The van der Waals surface area contributed by atoms with Crippen LogP contribution in [0.4, 0.5) is 0 Å². The van der Waals surface area contributed by atoms with Gasteiger partial charge >= 0.3 is 0 Å². The number of benzene rings is 2. The molecule has 2 aromatic carbocycles. The van der Waals surface area contributed by atoms with Crippen LogP contribution in [-0.4, -0.2) is 38.7 Å². The fourth-order valence-electron chi connectivity index (χ4n) is 3.60. The predicted octanol–water partition coefficient (Wildman–Crippen LogP) is 5.94. The Morgan fingerprint density at radius 2 is 1.81 bits per heavy atom. The second-order valence-corrected chi connectivity index (χ2v) is 9.09. The Kier molecular flexibility index (Phi) is 7.29. The first-order chi connectivity index (χ1) is 15.5. The SMILES string of the molecule is CC[C@@H](c1nnc(SCc2ncc(-c3ccc(Cl)cc3)o2)n1Cc1ccccc1)N(C)C. The number of hydrogen-bond donors (Lipinski definition) is 0. The van der Waals surface area contributed by atoms with Gasteiger partial charge in [0.25, 0.3) is 0 Å². The van der Waals surface area contributed by atoms with Crippen LogP contribution in [0.3, 0.4) is 0 Å².